The third-order valence-electron chi connectivity index (χ3n) is 5.95. The minimum absolute atomic E-state index is 0.0214. The van der Waals surface area contributed by atoms with Crippen molar-refractivity contribution in [2.45, 2.75) is 10.9 Å². The molecule has 0 radical (unpaired) electrons. The van der Waals surface area contributed by atoms with E-state index in [9.17, 15) is 8.42 Å². The van der Waals surface area contributed by atoms with Gasteiger partial charge in [-0.1, -0.05) is 60.7 Å². The lowest BCUT2D eigenvalue weighted by Crippen LogP contribution is -2.48. The number of fused-ring (bicyclic) bond motifs is 1. The van der Waals surface area contributed by atoms with Crippen molar-refractivity contribution in [1.82, 2.24) is 24.5 Å². The molecule has 0 bridgehead atoms. The molecule has 3 heterocycles. The van der Waals surface area contributed by atoms with Crippen LogP contribution >= 0.6 is 0 Å². The number of nitrogen functional groups attached to an aromatic ring is 1. The van der Waals surface area contributed by atoms with Crippen molar-refractivity contribution in [3.8, 4) is 0 Å². The zero-order chi connectivity index (χ0) is 23.0. The molecule has 2 aromatic carbocycles. The largest absolute Gasteiger partial charge is 0.382 e. The molecule has 1 aliphatic rings. The normalized spacial score (nSPS) is 15.4. The Labute approximate surface area is 192 Å². The topological polar surface area (TPSA) is 110 Å². The highest BCUT2D eigenvalue weighted by atomic mass is 32.2. The van der Waals surface area contributed by atoms with E-state index < -0.39 is 9.84 Å². The molecular formula is C23H25N7O2S. The molecule has 1 fully saturated rings. The number of aromatic nitrogens is 4. The molecule has 0 aliphatic carbocycles. The fraction of sp³-hybridized carbons (Fsp3) is 0.261. The Morgan fingerprint density at radius 2 is 1.48 bits per heavy atom. The van der Waals surface area contributed by atoms with Gasteiger partial charge < -0.3 is 10.6 Å². The smallest absolute Gasteiger partial charge is 0.255 e. The van der Waals surface area contributed by atoms with Crippen LogP contribution in [0.5, 0.6) is 0 Å². The van der Waals surface area contributed by atoms with Crippen LogP contribution < -0.4 is 10.6 Å². The monoisotopic (exact) mass is 463 g/mol. The van der Waals surface area contributed by atoms with Gasteiger partial charge in [0.2, 0.25) is 5.95 Å². The number of rotatable bonds is 5. The fourth-order valence-corrected chi connectivity index (χ4v) is 5.02. The van der Waals surface area contributed by atoms with Crippen LogP contribution in [-0.4, -0.2) is 65.3 Å². The maximum absolute atomic E-state index is 11.9. The fourth-order valence-electron chi connectivity index (χ4n) is 4.31. The second kappa shape index (κ2) is 8.45. The number of hydrogen-bond acceptors (Lipinski definition) is 8. The number of nitrogens with two attached hydrogens (primary N) is 1. The molecule has 0 spiro atoms. The molecule has 2 aromatic heterocycles. The highest BCUT2D eigenvalue weighted by Crippen LogP contribution is 2.30. The van der Waals surface area contributed by atoms with Crippen LogP contribution in [0, 0.1) is 0 Å². The number of hydrogen-bond donors (Lipinski definition) is 1. The summed E-state index contributed by atoms with van der Waals surface area (Å²) in [6, 6.07) is 21.2. The molecule has 10 heteroatoms. The van der Waals surface area contributed by atoms with Crippen LogP contribution in [0.1, 0.15) is 17.2 Å². The summed E-state index contributed by atoms with van der Waals surface area (Å²) >= 11 is 0. The molecule has 33 heavy (non-hydrogen) atoms. The van der Waals surface area contributed by atoms with Crippen molar-refractivity contribution in [1.29, 1.82) is 0 Å². The summed E-state index contributed by atoms with van der Waals surface area (Å²) in [7, 11) is -3.51. The maximum atomic E-state index is 11.9. The summed E-state index contributed by atoms with van der Waals surface area (Å²) in [5, 5.41) is 4.46. The predicted molar refractivity (Wildman–Crippen MR) is 127 cm³/mol. The van der Waals surface area contributed by atoms with Crippen molar-refractivity contribution in [3.05, 3.63) is 78.0 Å². The van der Waals surface area contributed by atoms with Crippen molar-refractivity contribution in [2.75, 3.05) is 43.1 Å². The van der Waals surface area contributed by atoms with Gasteiger partial charge in [0.05, 0.1) is 12.2 Å². The van der Waals surface area contributed by atoms with E-state index in [1.54, 1.807) is 0 Å². The van der Waals surface area contributed by atoms with Gasteiger partial charge in [-0.25, -0.2) is 13.4 Å². The second-order valence-corrected chi connectivity index (χ2v) is 10.1. The Morgan fingerprint density at radius 1 is 0.909 bits per heavy atom. The lowest BCUT2D eigenvalue weighted by Gasteiger charge is -2.39. The quantitative estimate of drug-likeness (QED) is 0.479. The number of anilines is 2. The molecule has 1 saturated heterocycles. The Kier molecular flexibility index (Phi) is 5.47. The number of nitrogens with zero attached hydrogens (tertiary/aromatic N) is 6. The van der Waals surface area contributed by atoms with Crippen molar-refractivity contribution < 1.29 is 8.42 Å². The summed E-state index contributed by atoms with van der Waals surface area (Å²) in [6.07, 6.45) is 2.33. The number of benzene rings is 2. The molecule has 0 saturated carbocycles. The van der Waals surface area contributed by atoms with Gasteiger partial charge in [0.1, 0.15) is 10.7 Å². The zero-order valence-electron chi connectivity index (χ0n) is 18.2. The van der Waals surface area contributed by atoms with E-state index in [4.69, 9.17) is 5.73 Å². The van der Waals surface area contributed by atoms with E-state index in [2.05, 4.69) is 73.4 Å². The molecule has 1 aliphatic heterocycles. The Balaban J connectivity index is 1.39. The minimum Gasteiger partial charge on any atom is -0.382 e. The lowest BCUT2D eigenvalue weighted by atomic mass is 9.96. The average molecular weight is 464 g/mol. The molecule has 0 unspecified atom stereocenters. The van der Waals surface area contributed by atoms with Crippen LogP contribution in [0.3, 0.4) is 0 Å². The summed E-state index contributed by atoms with van der Waals surface area (Å²) in [4.78, 5) is 13.1. The molecule has 9 nitrogen and oxygen atoms in total. The first-order chi connectivity index (χ1) is 15.9. The maximum Gasteiger partial charge on any atom is 0.255 e. The van der Waals surface area contributed by atoms with Gasteiger partial charge in [-0.3, -0.25) is 4.90 Å². The molecule has 170 valence electrons. The van der Waals surface area contributed by atoms with Gasteiger partial charge >= 0.3 is 0 Å². The predicted octanol–water partition coefficient (Wildman–Crippen LogP) is 2.02. The summed E-state index contributed by atoms with van der Waals surface area (Å²) < 4.78 is 25.2. The second-order valence-electron chi connectivity index (χ2n) is 8.15. The first kappa shape index (κ1) is 21.4. The van der Waals surface area contributed by atoms with Crippen LogP contribution in [0.2, 0.25) is 0 Å². The minimum atomic E-state index is -3.51. The molecule has 5 rings (SSSR count). The first-order valence-electron chi connectivity index (χ1n) is 10.7. The van der Waals surface area contributed by atoms with E-state index in [0.717, 1.165) is 32.4 Å². The Hall–Kier alpha value is -3.50. The van der Waals surface area contributed by atoms with Crippen LogP contribution in [0.15, 0.2) is 71.8 Å². The lowest BCUT2D eigenvalue weighted by molar-refractivity contribution is 0.211. The van der Waals surface area contributed by atoms with E-state index in [0.29, 0.717) is 5.95 Å². The highest BCUT2D eigenvalue weighted by molar-refractivity contribution is 7.90. The van der Waals surface area contributed by atoms with Gasteiger partial charge in [-0.05, 0) is 11.1 Å². The number of piperazine rings is 1. The van der Waals surface area contributed by atoms with Crippen molar-refractivity contribution in [2.24, 2.45) is 0 Å². The Morgan fingerprint density at radius 3 is 2.03 bits per heavy atom. The van der Waals surface area contributed by atoms with Crippen LogP contribution in [0.4, 0.5) is 11.8 Å². The van der Waals surface area contributed by atoms with Crippen LogP contribution in [0.25, 0.3) is 5.78 Å². The SMILES string of the molecule is CS(=O)(=O)c1cnc2nc(N3CCN(C(c4ccccc4)c4ccccc4)CC3)nn2c1N. The average Bonchev–Trinajstić information content (AvgIpc) is 3.26. The number of sulfone groups is 1. The van der Waals surface area contributed by atoms with E-state index in [-0.39, 0.29) is 22.5 Å². The standard InChI is InChI=1S/C23H25N7O2S/c1-33(31,32)19-16-25-22-26-23(27-30(22)21(19)24)29-14-12-28(13-15-29)20(17-8-4-2-5-9-17)18-10-6-3-7-11-18/h2-11,16,20H,12-15,24H2,1H3. The van der Waals surface area contributed by atoms with E-state index in [1.807, 2.05) is 12.1 Å². The molecule has 2 N–H and O–H groups in total. The summed E-state index contributed by atoms with van der Waals surface area (Å²) in [5.41, 5.74) is 8.57. The summed E-state index contributed by atoms with van der Waals surface area (Å²) in [6.45, 7) is 3.10. The van der Waals surface area contributed by atoms with Gasteiger partial charge in [0.25, 0.3) is 5.78 Å². The Bertz CT molecular complexity index is 1330. The third kappa shape index (κ3) is 4.14. The molecule has 0 atom stereocenters. The first-order valence-corrected chi connectivity index (χ1v) is 12.6. The van der Waals surface area contributed by atoms with Crippen molar-refractivity contribution >= 4 is 27.4 Å². The highest BCUT2D eigenvalue weighted by Gasteiger charge is 2.28. The van der Waals surface area contributed by atoms with Gasteiger partial charge in [-0.2, -0.15) is 9.50 Å². The van der Waals surface area contributed by atoms with E-state index in [1.165, 1.54) is 21.8 Å². The van der Waals surface area contributed by atoms with Crippen LogP contribution in [-0.2, 0) is 9.84 Å². The molecular weight excluding hydrogens is 438 g/mol. The van der Waals surface area contributed by atoms with Gasteiger partial charge in [0.15, 0.2) is 9.84 Å². The zero-order valence-corrected chi connectivity index (χ0v) is 19.1. The van der Waals surface area contributed by atoms with Crippen molar-refractivity contribution in [3.63, 3.8) is 0 Å². The molecule has 0 amide bonds. The summed E-state index contributed by atoms with van der Waals surface area (Å²) in [5.74, 6) is 0.798. The van der Waals surface area contributed by atoms with E-state index >= 15 is 0 Å². The van der Waals surface area contributed by atoms with Gasteiger partial charge in [0, 0.05) is 32.4 Å². The molecule has 4 aromatic rings. The van der Waals surface area contributed by atoms with Gasteiger partial charge in [-0.15, -0.1) is 5.10 Å². The third-order valence-corrected chi connectivity index (χ3v) is 7.06.